The largest absolute Gasteiger partial charge is 0.508 e. The number of hydrogen-bond acceptors (Lipinski definition) is 8. The van der Waals surface area contributed by atoms with Crippen molar-refractivity contribution in [3.8, 4) is 17.2 Å². The Hall–Kier alpha value is -3.18. The fourth-order valence-electron chi connectivity index (χ4n) is 8.05. The Morgan fingerprint density at radius 1 is 0.875 bits per heavy atom. The molecule has 260 valence electrons. The van der Waals surface area contributed by atoms with Gasteiger partial charge in [0, 0.05) is 37.4 Å². The Morgan fingerprint density at radius 3 is 2.25 bits per heavy atom. The van der Waals surface area contributed by atoms with Crippen LogP contribution >= 0.6 is 0 Å². The molecule has 9 nitrogen and oxygen atoms in total. The number of piperidine rings is 3. The van der Waals surface area contributed by atoms with Gasteiger partial charge in [0.15, 0.2) is 0 Å². The molecule has 3 heterocycles. The summed E-state index contributed by atoms with van der Waals surface area (Å²) in [4.78, 5) is 0. The van der Waals surface area contributed by atoms with Gasteiger partial charge in [0.05, 0.1) is 32.4 Å². The number of quaternary nitrogens is 1. The summed E-state index contributed by atoms with van der Waals surface area (Å²) in [7, 11) is 0. The van der Waals surface area contributed by atoms with Gasteiger partial charge in [0.1, 0.15) is 55.3 Å². The zero-order chi connectivity index (χ0) is 33.4. The van der Waals surface area contributed by atoms with Gasteiger partial charge < -0.3 is 44.4 Å². The first kappa shape index (κ1) is 34.7. The van der Waals surface area contributed by atoms with Gasteiger partial charge in [0.25, 0.3) is 0 Å². The van der Waals surface area contributed by atoms with Crippen LogP contribution in [-0.2, 0) is 16.9 Å². The van der Waals surface area contributed by atoms with E-state index in [9.17, 15) is 20.4 Å². The SMILES string of the molecule is OCc1cc([C@@H](O)CNCCOc2ccc(OCC[N+]34CCC(CC3)[C@@H](OC[C@@](O)(c3ccccc3)C3CCCC3)C4)cc2)ccc1O. The highest BCUT2D eigenvalue weighted by molar-refractivity contribution is 5.36. The summed E-state index contributed by atoms with van der Waals surface area (Å²) in [5, 5.41) is 44.6. The summed E-state index contributed by atoms with van der Waals surface area (Å²) in [6, 6.07) is 22.6. The Kier molecular flexibility index (Phi) is 11.6. The molecule has 3 saturated heterocycles. The van der Waals surface area contributed by atoms with Crippen molar-refractivity contribution in [1.82, 2.24) is 5.32 Å². The minimum atomic E-state index is -0.923. The van der Waals surface area contributed by atoms with E-state index < -0.39 is 11.7 Å². The van der Waals surface area contributed by atoms with Crippen molar-refractivity contribution >= 4 is 0 Å². The predicted octanol–water partition coefficient (Wildman–Crippen LogP) is 4.67. The monoisotopic (exact) mass is 661 g/mol. The van der Waals surface area contributed by atoms with Gasteiger partial charge in [0.2, 0.25) is 0 Å². The van der Waals surface area contributed by atoms with Crippen molar-refractivity contribution in [3.05, 3.63) is 89.5 Å². The van der Waals surface area contributed by atoms with E-state index >= 15 is 0 Å². The Labute approximate surface area is 284 Å². The molecule has 3 aliphatic heterocycles. The van der Waals surface area contributed by atoms with Gasteiger partial charge >= 0.3 is 0 Å². The van der Waals surface area contributed by atoms with Crippen LogP contribution in [0.15, 0.2) is 72.8 Å². The van der Waals surface area contributed by atoms with Crippen LogP contribution in [0.1, 0.15) is 61.3 Å². The lowest BCUT2D eigenvalue weighted by atomic mass is 9.80. The maximum absolute atomic E-state index is 12.0. The van der Waals surface area contributed by atoms with Crippen LogP contribution in [0.5, 0.6) is 17.2 Å². The molecule has 1 aliphatic carbocycles. The zero-order valence-corrected chi connectivity index (χ0v) is 28.0. The molecule has 2 bridgehead atoms. The molecule has 0 amide bonds. The van der Waals surface area contributed by atoms with Crippen LogP contribution in [0.4, 0.5) is 0 Å². The third-order valence-corrected chi connectivity index (χ3v) is 11.1. The highest BCUT2D eigenvalue weighted by Crippen LogP contribution is 2.42. The maximum atomic E-state index is 12.0. The van der Waals surface area contributed by atoms with Crippen LogP contribution in [0.3, 0.4) is 0 Å². The summed E-state index contributed by atoms with van der Waals surface area (Å²) >= 11 is 0. The number of nitrogens with zero attached hydrogens (tertiary/aromatic N) is 1. The number of aliphatic hydroxyl groups excluding tert-OH is 2. The van der Waals surface area contributed by atoms with Crippen molar-refractivity contribution in [1.29, 1.82) is 0 Å². The second-order valence-corrected chi connectivity index (χ2v) is 14.1. The molecular formula is C39H53N2O7+. The summed E-state index contributed by atoms with van der Waals surface area (Å²) in [6.07, 6.45) is 6.24. The van der Waals surface area contributed by atoms with Gasteiger partial charge in [-0.15, -0.1) is 0 Å². The third kappa shape index (κ3) is 8.33. The Morgan fingerprint density at radius 2 is 1.56 bits per heavy atom. The average Bonchev–Trinajstić information content (AvgIpc) is 3.68. The highest BCUT2D eigenvalue weighted by atomic mass is 16.5. The van der Waals surface area contributed by atoms with E-state index in [0.717, 1.165) is 60.6 Å². The quantitative estimate of drug-likeness (QED) is 0.105. The lowest BCUT2D eigenvalue weighted by Crippen LogP contribution is -2.65. The van der Waals surface area contributed by atoms with Crippen molar-refractivity contribution in [2.24, 2.45) is 11.8 Å². The van der Waals surface area contributed by atoms with Crippen LogP contribution in [0.25, 0.3) is 0 Å². The molecule has 0 radical (unpaired) electrons. The van der Waals surface area contributed by atoms with E-state index in [0.29, 0.717) is 50.0 Å². The van der Waals surface area contributed by atoms with Gasteiger partial charge in [-0.3, -0.25) is 0 Å². The smallest absolute Gasteiger partial charge is 0.137 e. The number of fused-ring (bicyclic) bond motifs is 3. The molecule has 48 heavy (non-hydrogen) atoms. The molecule has 4 fully saturated rings. The molecule has 0 unspecified atom stereocenters. The summed E-state index contributed by atoms with van der Waals surface area (Å²) in [6.45, 7) is 6.31. The lowest BCUT2D eigenvalue weighted by Gasteiger charge is -2.52. The molecular weight excluding hydrogens is 608 g/mol. The lowest BCUT2D eigenvalue weighted by molar-refractivity contribution is -0.946. The highest BCUT2D eigenvalue weighted by Gasteiger charge is 2.48. The molecule has 5 N–H and O–H groups in total. The van der Waals surface area contributed by atoms with Crippen molar-refractivity contribution < 1.29 is 39.1 Å². The summed E-state index contributed by atoms with van der Waals surface area (Å²) in [5.41, 5.74) is 1.09. The van der Waals surface area contributed by atoms with Crippen LogP contribution in [-0.4, -0.2) is 90.1 Å². The topological polar surface area (TPSA) is 121 Å². The number of hydrogen-bond donors (Lipinski definition) is 5. The third-order valence-electron chi connectivity index (χ3n) is 11.1. The van der Waals surface area contributed by atoms with Gasteiger partial charge in [-0.2, -0.15) is 0 Å². The first-order chi connectivity index (χ1) is 23.4. The summed E-state index contributed by atoms with van der Waals surface area (Å²) < 4.78 is 19.8. The molecule has 4 aliphatic rings. The molecule has 3 aromatic rings. The Bertz CT molecular complexity index is 1420. The van der Waals surface area contributed by atoms with Crippen molar-refractivity contribution in [2.45, 2.75) is 62.9 Å². The van der Waals surface area contributed by atoms with E-state index in [-0.39, 0.29) is 24.4 Å². The molecule has 0 aromatic heterocycles. The van der Waals surface area contributed by atoms with Crippen LogP contribution in [0, 0.1) is 11.8 Å². The minimum absolute atomic E-state index is 0.0179. The van der Waals surface area contributed by atoms with Gasteiger partial charge in [-0.25, -0.2) is 0 Å². The maximum Gasteiger partial charge on any atom is 0.137 e. The van der Waals surface area contributed by atoms with Crippen molar-refractivity contribution in [2.75, 3.05) is 59.1 Å². The van der Waals surface area contributed by atoms with E-state index in [1.807, 2.05) is 42.5 Å². The molecule has 3 atom stereocenters. The fourth-order valence-corrected chi connectivity index (χ4v) is 8.05. The number of aromatic hydroxyl groups is 1. The van der Waals surface area contributed by atoms with E-state index in [1.165, 1.54) is 31.7 Å². The van der Waals surface area contributed by atoms with E-state index in [4.69, 9.17) is 14.2 Å². The standard InChI is InChI=1S/C39H52N2O7/c42-27-31-24-30(10-15-36(31)43)37(44)25-40-18-22-46-34-11-13-35(14-12-34)47-23-21-41-19-16-29(17-20-41)38(26-41)48-28-39(45,33-8-4-5-9-33)32-6-2-1-3-7-32/h1-3,6-7,10-15,24,29,33,37-38,40,42,44-45H,4-5,8-9,16-23,25-28H2/p+1/t29?,37-,38-,39+,41?/m0/s1. The van der Waals surface area contributed by atoms with E-state index in [1.54, 1.807) is 12.1 Å². The fraction of sp³-hybridized carbons (Fsp3) is 0.538. The number of nitrogens with one attached hydrogen (secondary N) is 1. The number of aliphatic hydroxyl groups is 3. The second-order valence-electron chi connectivity index (χ2n) is 14.1. The average molecular weight is 662 g/mol. The van der Waals surface area contributed by atoms with Crippen LogP contribution < -0.4 is 14.8 Å². The zero-order valence-electron chi connectivity index (χ0n) is 28.0. The minimum Gasteiger partial charge on any atom is -0.508 e. The summed E-state index contributed by atoms with van der Waals surface area (Å²) in [5.74, 6) is 2.42. The molecule has 7 rings (SSSR count). The normalized spacial score (nSPS) is 24.3. The van der Waals surface area contributed by atoms with Gasteiger partial charge in [-0.05, 0) is 66.3 Å². The Balaban J connectivity index is 0.920. The first-order valence-corrected chi connectivity index (χ1v) is 17.8. The first-order valence-electron chi connectivity index (χ1n) is 17.8. The second kappa shape index (κ2) is 16.0. The molecule has 9 heteroatoms. The predicted molar refractivity (Wildman–Crippen MR) is 184 cm³/mol. The molecule has 3 aromatic carbocycles. The number of rotatable bonds is 17. The molecule has 1 saturated carbocycles. The number of ether oxygens (including phenoxy) is 3. The van der Waals surface area contributed by atoms with Crippen molar-refractivity contribution in [3.63, 3.8) is 0 Å². The van der Waals surface area contributed by atoms with Gasteiger partial charge in [-0.1, -0.05) is 49.2 Å². The molecule has 0 spiro atoms. The number of benzene rings is 3. The van der Waals surface area contributed by atoms with Crippen LogP contribution in [0.2, 0.25) is 0 Å². The van der Waals surface area contributed by atoms with E-state index in [2.05, 4.69) is 17.4 Å². The number of phenols is 1.